The molecule has 2 N–H and O–H groups in total. The number of aromatic nitrogens is 1. The Morgan fingerprint density at radius 2 is 2.11 bits per heavy atom. The topological polar surface area (TPSA) is 71.2 Å². The Hall–Kier alpha value is -2.30. The summed E-state index contributed by atoms with van der Waals surface area (Å²) in [6.07, 6.45) is 3.63. The largest absolute Gasteiger partial charge is 0.452 e. The van der Waals surface area contributed by atoms with Crippen LogP contribution in [0.4, 0.5) is 0 Å². The first-order valence-electron chi connectivity index (χ1n) is 6.26. The monoisotopic (exact) mass is 258 g/mol. The lowest BCUT2D eigenvalue weighted by molar-refractivity contribution is -0.124. The van der Waals surface area contributed by atoms with Gasteiger partial charge in [-0.15, -0.1) is 0 Å². The second kappa shape index (κ2) is 4.76. The summed E-state index contributed by atoms with van der Waals surface area (Å²) in [6, 6.07) is 7.74. The molecule has 1 amide bonds. The van der Waals surface area contributed by atoms with E-state index in [2.05, 4.69) is 10.3 Å². The van der Waals surface area contributed by atoms with E-state index in [4.69, 9.17) is 4.74 Å². The highest BCUT2D eigenvalue weighted by Crippen LogP contribution is 2.19. The summed E-state index contributed by atoms with van der Waals surface area (Å²) in [5, 5.41) is 3.57. The third-order valence-corrected chi connectivity index (χ3v) is 3.09. The van der Waals surface area contributed by atoms with Crippen LogP contribution in [0.15, 0.2) is 30.5 Å². The average molecular weight is 258 g/mol. The molecule has 0 unspecified atom stereocenters. The van der Waals surface area contributed by atoms with Crippen molar-refractivity contribution in [2.75, 3.05) is 6.61 Å². The number of para-hydroxylation sites is 1. The molecule has 0 atom stereocenters. The van der Waals surface area contributed by atoms with Crippen molar-refractivity contribution in [1.82, 2.24) is 10.3 Å². The van der Waals surface area contributed by atoms with Crippen LogP contribution >= 0.6 is 0 Å². The second-order valence-corrected chi connectivity index (χ2v) is 4.67. The molecule has 5 nitrogen and oxygen atoms in total. The van der Waals surface area contributed by atoms with E-state index in [1.54, 1.807) is 6.20 Å². The van der Waals surface area contributed by atoms with Crippen molar-refractivity contribution >= 4 is 22.8 Å². The van der Waals surface area contributed by atoms with Crippen molar-refractivity contribution < 1.29 is 14.3 Å². The third kappa shape index (κ3) is 2.59. The lowest BCUT2D eigenvalue weighted by atomic mass is 10.2. The van der Waals surface area contributed by atoms with Crippen LogP contribution in [0.2, 0.25) is 0 Å². The number of ether oxygens (including phenoxy) is 1. The molecule has 19 heavy (non-hydrogen) atoms. The molecule has 1 aromatic heterocycles. The Morgan fingerprint density at radius 3 is 2.89 bits per heavy atom. The van der Waals surface area contributed by atoms with E-state index >= 15 is 0 Å². The molecule has 1 aliphatic carbocycles. The minimum Gasteiger partial charge on any atom is -0.452 e. The number of amides is 1. The minimum absolute atomic E-state index is 0.227. The lowest BCUT2D eigenvalue weighted by Crippen LogP contribution is -2.30. The molecule has 0 saturated heterocycles. The van der Waals surface area contributed by atoms with Crippen LogP contribution in [-0.2, 0) is 9.53 Å². The zero-order chi connectivity index (χ0) is 13.2. The van der Waals surface area contributed by atoms with Gasteiger partial charge in [-0.3, -0.25) is 4.79 Å². The normalized spacial score (nSPS) is 14.3. The van der Waals surface area contributed by atoms with Gasteiger partial charge in [-0.2, -0.15) is 0 Å². The van der Waals surface area contributed by atoms with Gasteiger partial charge in [0.1, 0.15) is 0 Å². The maximum absolute atomic E-state index is 11.9. The Kier molecular flexibility index (Phi) is 2.95. The van der Waals surface area contributed by atoms with Gasteiger partial charge in [0.05, 0.1) is 5.56 Å². The van der Waals surface area contributed by atoms with Gasteiger partial charge in [0.25, 0.3) is 5.91 Å². The van der Waals surface area contributed by atoms with Crippen molar-refractivity contribution in [2.45, 2.75) is 18.9 Å². The number of esters is 1. The fraction of sp³-hybridized carbons (Fsp3) is 0.286. The summed E-state index contributed by atoms with van der Waals surface area (Å²) in [5.74, 6) is -0.723. The standard InChI is InChI=1S/C14H14N2O3/c17-13(16-9-5-6-9)8-19-14(18)11-7-15-12-4-2-1-3-10(11)12/h1-4,7,9,15H,5-6,8H2,(H,16,17). The zero-order valence-corrected chi connectivity index (χ0v) is 10.3. The Labute approximate surface area is 109 Å². The van der Waals surface area contributed by atoms with Gasteiger partial charge >= 0.3 is 5.97 Å². The number of carbonyl (C=O) groups is 2. The van der Waals surface area contributed by atoms with Crippen molar-refractivity contribution in [3.05, 3.63) is 36.0 Å². The van der Waals surface area contributed by atoms with Crippen LogP contribution < -0.4 is 5.32 Å². The molecule has 2 aromatic rings. The SMILES string of the molecule is O=C(COC(=O)c1c[nH]c2ccccc12)NC1CC1. The Morgan fingerprint density at radius 1 is 1.32 bits per heavy atom. The predicted octanol–water partition coefficient (Wildman–Crippen LogP) is 1.60. The van der Waals surface area contributed by atoms with Crippen molar-refractivity contribution in [3.63, 3.8) is 0 Å². The number of hydrogen-bond acceptors (Lipinski definition) is 3. The number of rotatable bonds is 4. The lowest BCUT2D eigenvalue weighted by Gasteiger charge is -2.04. The molecule has 1 saturated carbocycles. The highest BCUT2D eigenvalue weighted by molar-refractivity contribution is 6.04. The maximum atomic E-state index is 11.9. The highest BCUT2D eigenvalue weighted by Gasteiger charge is 2.24. The van der Waals surface area contributed by atoms with Gasteiger partial charge in [0.15, 0.2) is 6.61 Å². The molecule has 5 heteroatoms. The van der Waals surface area contributed by atoms with E-state index in [1.165, 1.54) is 0 Å². The van der Waals surface area contributed by atoms with E-state index in [9.17, 15) is 9.59 Å². The first-order valence-corrected chi connectivity index (χ1v) is 6.26. The summed E-state index contributed by atoms with van der Waals surface area (Å²) in [7, 11) is 0. The van der Waals surface area contributed by atoms with E-state index in [0.717, 1.165) is 23.7 Å². The smallest absolute Gasteiger partial charge is 0.340 e. The summed E-state index contributed by atoms with van der Waals surface area (Å²) in [4.78, 5) is 26.3. The molecule has 1 heterocycles. The van der Waals surface area contributed by atoms with E-state index in [0.29, 0.717) is 5.56 Å². The number of aromatic amines is 1. The van der Waals surface area contributed by atoms with Crippen LogP contribution in [0.1, 0.15) is 23.2 Å². The fourth-order valence-corrected chi connectivity index (χ4v) is 1.95. The van der Waals surface area contributed by atoms with Gasteiger partial charge < -0.3 is 15.0 Å². The molecule has 98 valence electrons. The summed E-state index contributed by atoms with van der Waals surface area (Å²) < 4.78 is 5.01. The zero-order valence-electron chi connectivity index (χ0n) is 10.3. The molecule has 0 bridgehead atoms. The maximum Gasteiger partial charge on any atom is 0.340 e. The summed E-state index contributed by atoms with van der Waals surface area (Å²) >= 11 is 0. The number of fused-ring (bicyclic) bond motifs is 1. The minimum atomic E-state index is -0.483. The fourth-order valence-electron chi connectivity index (χ4n) is 1.95. The Bertz CT molecular complexity index is 628. The van der Waals surface area contributed by atoms with Crippen molar-refractivity contribution in [2.24, 2.45) is 0 Å². The first-order chi connectivity index (χ1) is 9.24. The molecular formula is C14H14N2O3. The number of carbonyl (C=O) groups excluding carboxylic acids is 2. The van der Waals surface area contributed by atoms with Crippen LogP contribution in [0, 0.1) is 0 Å². The molecule has 1 fully saturated rings. The third-order valence-electron chi connectivity index (χ3n) is 3.09. The molecule has 1 aliphatic rings. The van der Waals surface area contributed by atoms with Gasteiger partial charge in [-0.1, -0.05) is 18.2 Å². The van der Waals surface area contributed by atoms with Crippen molar-refractivity contribution in [1.29, 1.82) is 0 Å². The summed E-state index contributed by atoms with van der Waals surface area (Å²) in [5.41, 5.74) is 1.33. The molecule has 3 rings (SSSR count). The number of nitrogens with one attached hydrogen (secondary N) is 2. The molecule has 0 radical (unpaired) electrons. The number of hydrogen-bond donors (Lipinski definition) is 2. The quantitative estimate of drug-likeness (QED) is 0.818. The molecule has 1 aromatic carbocycles. The average Bonchev–Trinajstić information content (AvgIpc) is 3.12. The van der Waals surface area contributed by atoms with Crippen LogP contribution in [0.25, 0.3) is 10.9 Å². The second-order valence-electron chi connectivity index (χ2n) is 4.67. The molecular weight excluding hydrogens is 244 g/mol. The van der Waals surface area contributed by atoms with E-state index in [1.807, 2.05) is 24.3 Å². The predicted molar refractivity (Wildman–Crippen MR) is 69.7 cm³/mol. The van der Waals surface area contributed by atoms with Gasteiger partial charge in [-0.05, 0) is 18.9 Å². The van der Waals surface area contributed by atoms with Crippen molar-refractivity contribution in [3.8, 4) is 0 Å². The molecule has 0 spiro atoms. The number of benzene rings is 1. The van der Waals surface area contributed by atoms with Gasteiger partial charge in [-0.25, -0.2) is 4.79 Å². The first kappa shape index (κ1) is 11.8. The van der Waals surface area contributed by atoms with Crippen LogP contribution in [-0.4, -0.2) is 29.5 Å². The summed E-state index contributed by atoms with van der Waals surface area (Å²) in [6.45, 7) is -0.227. The van der Waals surface area contributed by atoms with Crippen LogP contribution in [0.3, 0.4) is 0 Å². The van der Waals surface area contributed by atoms with E-state index in [-0.39, 0.29) is 18.6 Å². The van der Waals surface area contributed by atoms with E-state index < -0.39 is 5.97 Å². The number of H-pyrrole nitrogens is 1. The van der Waals surface area contributed by atoms with Gasteiger partial charge in [0.2, 0.25) is 0 Å². The molecule has 0 aliphatic heterocycles. The highest BCUT2D eigenvalue weighted by atomic mass is 16.5. The Balaban J connectivity index is 1.64. The van der Waals surface area contributed by atoms with Gasteiger partial charge in [0, 0.05) is 23.1 Å². The van der Waals surface area contributed by atoms with Crippen LogP contribution in [0.5, 0.6) is 0 Å².